The van der Waals surface area contributed by atoms with Crippen LogP contribution < -0.4 is 9.64 Å². The van der Waals surface area contributed by atoms with Crippen LogP contribution >= 0.6 is 11.3 Å². The Bertz CT molecular complexity index is 1640. The summed E-state index contributed by atoms with van der Waals surface area (Å²) in [5.74, 6) is 0.212. The largest absolute Gasteiger partial charge is 0.573 e. The molecule has 12 heteroatoms. The van der Waals surface area contributed by atoms with Crippen molar-refractivity contribution in [2.45, 2.75) is 75.6 Å². The number of benzene rings is 2. The highest BCUT2D eigenvalue weighted by Crippen LogP contribution is 2.47. The molecule has 0 radical (unpaired) electrons. The van der Waals surface area contributed by atoms with Gasteiger partial charge in [-0.25, -0.2) is 9.78 Å². The van der Waals surface area contributed by atoms with E-state index in [2.05, 4.69) is 14.8 Å². The first-order valence-corrected chi connectivity index (χ1v) is 15.5. The molecule has 44 heavy (non-hydrogen) atoms. The van der Waals surface area contributed by atoms with Crippen LogP contribution in [0.3, 0.4) is 0 Å². The highest BCUT2D eigenvalue weighted by molar-refractivity contribution is 7.14. The van der Waals surface area contributed by atoms with E-state index in [0.29, 0.717) is 22.6 Å². The first kappa shape index (κ1) is 28.8. The Labute approximate surface area is 255 Å². The molecule has 8 nitrogen and oxygen atoms in total. The third-order valence-corrected chi connectivity index (χ3v) is 9.46. The molecule has 7 rings (SSSR count). The molecule has 0 N–H and O–H groups in total. The average Bonchev–Trinajstić information content (AvgIpc) is 3.48. The zero-order valence-corrected chi connectivity index (χ0v) is 24.7. The van der Waals surface area contributed by atoms with Gasteiger partial charge in [0.25, 0.3) is 0 Å². The molecule has 2 bridgehead atoms. The number of halogens is 3. The minimum absolute atomic E-state index is 0.00878. The number of aromatic nitrogens is 2. The molecule has 3 aliphatic rings. The molecule has 2 aliphatic heterocycles. The molecular formula is C32H30F3N3O5S. The maximum Gasteiger partial charge on any atom is 0.573 e. The Balaban J connectivity index is 1.05. The number of piperidine rings is 1. The highest BCUT2D eigenvalue weighted by atomic mass is 32.1. The maximum atomic E-state index is 13.1. The lowest BCUT2D eigenvalue weighted by Crippen LogP contribution is -2.45. The summed E-state index contributed by atoms with van der Waals surface area (Å²) in [6.07, 6.45) is 0.815. The fourth-order valence-corrected chi connectivity index (χ4v) is 7.38. The number of rotatable bonds is 9. The van der Waals surface area contributed by atoms with Crippen LogP contribution in [-0.4, -0.2) is 47.8 Å². The molecule has 1 aliphatic carbocycles. The van der Waals surface area contributed by atoms with Crippen molar-refractivity contribution in [3.63, 3.8) is 0 Å². The van der Waals surface area contributed by atoms with E-state index in [0.717, 1.165) is 54.9 Å². The van der Waals surface area contributed by atoms with E-state index >= 15 is 0 Å². The van der Waals surface area contributed by atoms with Crippen molar-refractivity contribution in [1.82, 2.24) is 10.1 Å². The third-order valence-electron chi connectivity index (χ3n) is 8.60. The van der Waals surface area contributed by atoms with E-state index in [1.807, 2.05) is 17.5 Å². The van der Waals surface area contributed by atoms with Crippen molar-refractivity contribution in [3.05, 3.63) is 70.8 Å². The van der Waals surface area contributed by atoms with Gasteiger partial charge in [0.2, 0.25) is 0 Å². The van der Waals surface area contributed by atoms with Crippen molar-refractivity contribution < 1.29 is 36.7 Å². The number of nitrogens with zero attached hydrogens (tertiary/aromatic N) is 3. The van der Waals surface area contributed by atoms with Gasteiger partial charge in [-0.2, -0.15) is 0 Å². The number of ether oxygens (including phenoxy) is 3. The summed E-state index contributed by atoms with van der Waals surface area (Å²) in [5, 5.41) is 7.21. The average molecular weight is 626 g/mol. The molecule has 2 unspecified atom stereocenters. The van der Waals surface area contributed by atoms with Gasteiger partial charge in [0, 0.05) is 40.1 Å². The number of thiazole rings is 1. The quantitative estimate of drug-likeness (QED) is 0.175. The summed E-state index contributed by atoms with van der Waals surface area (Å²) in [6.45, 7) is 0.206. The molecule has 2 aromatic heterocycles. The monoisotopic (exact) mass is 625 g/mol. The van der Waals surface area contributed by atoms with Crippen LogP contribution in [0.1, 0.15) is 66.1 Å². The van der Waals surface area contributed by atoms with Gasteiger partial charge in [-0.05, 0) is 62.8 Å². The molecule has 0 amide bonds. The number of fused-ring (bicyclic) bond motifs is 2. The summed E-state index contributed by atoms with van der Waals surface area (Å²) in [6, 6.07) is 13.8. The standard InChI is InChI=1S/C32H30F3N3O5S/c1-40-30(39)20-10-6-18(7-11-20)26-17-44-31(36-26)38-21-12-13-22(38)15-23(14-21)41-16-25-28(37-43-29(25)19-8-9-19)24-4-2-3-5-27(24)42-32(33,34)35/h2-7,10-11,17,19,21-23H,8-9,12-16H2,1H3. The topological polar surface area (TPSA) is 86.9 Å². The molecule has 2 aromatic carbocycles. The van der Waals surface area contributed by atoms with E-state index in [-0.39, 0.29) is 48.0 Å². The third kappa shape index (κ3) is 5.80. The van der Waals surface area contributed by atoms with Gasteiger partial charge in [-0.3, -0.25) is 0 Å². The number of alkyl halides is 3. The van der Waals surface area contributed by atoms with Gasteiger partial charge in [0.05, 0.1) is 31.1 Å². The molecule has 0 spiro atoms. The van der Waals surface area contributed by atoms with E-state index in [1.165, 1.54) is 19.2 Å². The van der Waals surface area contributed by atoms with Crippen LogP contribution in [0.2, 0.25) is 0 Å². The molecule has 4 aromatic rings. The fraction of sp³-hybridized carbons (Fsp3) is 0.406. The number of carbonyl (C=O) groups excluding carboxylic acids is 1. The number of hydrogen-bond acceptors (Lipinski definition) is 9. The highest BCUT2D eigenvalue weighted by Gasteiger charge is 2.43. The lowest BCUT2D eigenvalue weighted by Gasteiger charge is -2.38. The van der Waals surface area contributed by atoms with E-state index in [1.54, 1.807) is 35.6 Å². The number of anilines is 1. The summed E-state index contributed by atoms with van der Waals surface area (Å²) in [7, 11) is 1.36. The molecular weight excluding hydrogens is 595 g/mol. The smallest absolute Gasteiger partial charge is 0.465 e. The van der Waals surface area contributed by atoms with Gasteiger partial charge in [0.1, 0.15) is 17.2 Å². The molecule has 2 atom stereocenters. The van der Waals surface area contributed by atoms with Crippen molar-refractivity contribution >= 4 is 22.4 Å². The summed E-state index contributed by atoms with van der Waals surface area (Å²) >= 11 is 1.61. The van der Waals surface area contributed by atoms with Gasteiger partial charge in [-0.1, -0.05) is 29.4 Å². The van der Waals surface area contributed by atoms with Crippen LogP contribution in [0.15, 0.2) is 58.4 Å². The number of carbonyl (C=O) groups is 1. The zero-order chi connectivity index (χ0) is 30.4. The Kier molecular flexibility index (Phi) is 7.57. The van der Waals surface area contributed by atoms with Crippen LogP contribution in [0.25, 0.3) is 22.5 Å². The lowest BCUT2D eigenvalue weighted by atomic mass is 10.00. The van der Waals surface area contributed by atoms with Crippen LogP contribution in [0.4, 0.5) is 18.3 Å². The number of methoxy groups -OCH3 is 1. The SMILES string of the molecule is COC(=O)c1ccc(-c2csc(N3C4CCC3CC(OCc3c(-c5ccccc5OC(F)(F)F)noc3C3CC3)C4)n2)cc1. The predicted octanol–water partition coefficient (Wildman–Crippen LogP) is 7.74. The molecule has 3 fully saturated rings. The summed E-state index contributed by atoms with van der Waals surface area (Å²) in [5.41, 5.74) is 3.55. The number of esters is 1. The van der Waals surface area contributed by atoms with Gasteiger partial charge in [0.15, 0.2) is 5.13 Å². The lowest BCUT2D eigenvalue weighted by molar-refractivity contribution is -0.274. The van der Waals surface area contributed by atoms with E-state index in [4.69, 9.17) is 19.0 Å². The Morgan fingerprint density at radius 1 is 1.05 bits per heavy atom. The molecule has 1 saturated carbocycles. The first-order chi connectivity index (χ1) is 21.3. The number of hydrogen-bond donors (Lipinski definition) is 0. The summed E-state index contributed by atoms with van der Waals surface area (Å²) in [4.78, 5) is 19.1. The van der Waals surface area contributed by atoms with Crippen molar-refractivity contribution in [1.29, 1.82) is 0 Å². The fourth-order valence-electron chi connectivity index (χ4n) is 6.40. The Morgan fingerprint density at radius 2 is 1.77 bits per heavy atom. The van der Waals surface area contributed by atoms with Crippen molar-refractivity contribution in [2.24, 2.45) is 0 Å². The van der Waals surface area contributed by atoms with Crippen molar-refractivity contribution in [3.8, 4) is 28.3 Å². The Morgan fingerprint density at radius 3 is 2.45 bits per heavy atom. The predicted molar refractivity (Wildman–Crippen MR) is 157 cm³/mol. The number of para-hydroxylation sites is 1. The van der Waals surface area contributed by atoms with Crippen LogP contribution in [0, 0.1) is 0 Å². The van der Waals surface area contributed by atoms with Crippen LogP contribution in [-0.2, 0) is 16.1 Å². The second-order valence-electron chi connectivity index (χ2n) is 11.5. The molecule has 230 valence electrons. The minimum Gasteiger partial charge on any atom is -0.465 e. The molecule has 4 heterocycles. The van der Waals surface area contributed by atoms with Gasteiger partial charge >= 0.3 is 12.3 Å². The van der Waals surface area contributed by atoms with Gasteiger partial charge < -0.3 is 23.6 Å². The second kappa shape index (κ2) is 11.6. The normalized spacial score (nSPS) is 21.5. The van der Waals surface area contributed by atoms with E-state index < -0.39 is 6.36 Å². The van der Waals surface area contributed by atoms with Crippen LogP contribution in [0.5, 0.6) is 5.75 Å². The Hall–Kier alpha value is -3.90. The second-order valence-corrected chi connectivity index (χ2v) is 12.3. The van der Waals surface area contributed by atoms with Crippen molar-refractivity contribution in [2.75, 3.05) is 12.0 Å². The molecule has 2 saturated heterocycles. The summed E-state index contributed by atoms with van der Waals surface area (Å²) < 4.78 is 60.7. The minimum atomic E-state index is -4.82. The van der Waals surface area contributed by atoms with Gasteiger partial charge in [-0.15, -0.1) is 24.5 Å². The first-order valence-electron chi connectivity index (χ1n) is 14.6. The zero-order valence-electron chi connectivity index (χ0n) is 23.9. The maximum absolute atomic E-state index is 13.1. The van der Waals surface area contributed by atoms with E-state index in [9.17, 15) is 18.0 Å².